The van der Waals surface area contributed by atoms with E-state index >= 15 is 0 Å². The molecule has 0 spiro atoms. The van der Waals surface area contributed by atoms with Gasteiger partial charge in [0.15, 0.2) is 11.6 Å². The number of hydrogen-bond acceptors (Lipinski definition) is 3. The van der Waals surface area contributed by atoms with E-state index < -0.39 is 17.5 Å². The number of hydrogen-bond donors (Lipinski definition) is 3. The van der Waals surface area contributed by atoms with Crippen LogP contribution >= 0.6 is 12.2 Å². The minimum Gasteiger partial charge on any atom is -0.389 e. The first-order chi connectivity index (χ1) is 7.43. The van der Waals surface area contributed by atoms with E-state index in [9.17, 15) is 13.6 Å². The Balaban J connectivity index is 3.02. The SMILES string of the molecule is NC(=O)CNc1ccc(C(N)=S)c(F)c1F. The van der Waals surface area contributed by atoms with Crippen LogP contribution in [0.4, 0.5) is 14.5 Å². The summed E-state index contributed by atoms with van der Waals surface area (Å²) in [5.41, 5.74) is 9.68. The molecule has 86 valence electrons. The average Bonchev–Trinajstić information content (AvgIpc) is 2.19. The molecule has 0 saturated heterocycles. The number of carbonyl (C=O) groups excluding carboxylic acids is 1. The van der Waals surface area contributed by atoms with Gasteiger partial charge < -0.3 is 16.8 Å². The zero-order valence-corrected chi connectivity index (χ0v) is 8.91. The van der Waals surface area contributed by atoms with E-state index in [-0.39, 0.29) is 22.8 Å². The first-order valence-electron chi connectivity index (χ1n) is 4.23. The van der Waals surface area contributed by atoms with Crippen LogP contribution in [0, 0.1) is 11.6 Å². The lowest BCUT2D eigenvalue weighted by Gasteiger charge is -2.08. The van der Waals surface area contributed by atoms with Crippen molar-refractivity contribution >= 4 is 28.8 Å². The summed E-state index contributed by atoms with van der Waals surface area (Å²) < 4.78 is 26.7. The maximum Gasteiger partial charge on any atom is 0.236 e. The van der Waals surface area contributed by atoms with Gasteiger partial charge in [-0.1, -0.05) is 12.2 Å². The van der Waals surface area contributed by atoms with Crippen LogP contribution < -0.4 is 16.8 Å². The Kier molecular flexibility index (Phi) is 3.73. The monoisotopic (exact) mass is 245 g/mol. The lowest BCUT2D eigenvalue weighted by molar-refractivity contribution is -0.116. The number of nitrogens with one attached hydrogen (secondary N) is 1. The summed E-state index contributed by atoms with van der Waals surface area (Å²) in [5, 5.41) is 2.35. The van der Waals surface area contributed by atoms with Gasteiger partial charge in [0.1, 0.15) is 4.99 Å². The number of thiocarbonyl (C=S) groups is 1. The number of nitrogens with two attached hydrogens (primary N) is 2. The summed E-state index contributed by atoms with van der Waals surface area (Å²) >= 11 is 4.54. The second-order valence-corrected chi connectivity index (χ2v) is 3.41. The van der Waals surface area contributed by atoms with E-state index in [2.05, 4.69) is 17.5 Å². The molecule has 0 heterocycles. The van der Waals surface area contributed by atoms with Crippen molar-refractivity contribution in [2.24, 2.45) is 11.5 Å². The van der Waals surface area contributed by atoms with Gasteiger partial charge in [-0.25, -0.2) is 8.78 Å². The highest BCUT2D eigenvalue weighted by atomic mass is 32.1. The van der Waals surface area contributed by atoms with Gasteiger partial charge in [0, 0.05) is 5.56 Å². The van der Waals surface area contributed by atoms with E-state index in [4.69, 9.17) is 11.5 Å². The Morgan fingerprint density at radius 2 is 1.94 bits per heavy atom. The normalized spacial score (nSPS) is 9.88. The van der Waals surface area contributed by atoms with Gasteiger partial charge >= 0.3 is 0 Å². The van der Waals surface area contributed by atoms with Gasteiger partial charge in [0.25, 0.3) is 0 Å². The Hall–Kier alpha value is -1.76. The van der Waals surface area contributed by atoms with E-state index in [0.717, 1.165) is 0 Å². The maximum absolute atomic E-state index is 13.4. The van der Waals surface area contributed by atoms with Crippen molar-refractivity contribution in [2.75, 3.05) is 11.9 Å². The summed E-state index contributed by atoms with van der Waals surface area (Å²) in [6.07, 6.45) is 0. The summed E-state index contributed by atoms with van der Waals surface area (Å²) in [6.45, 7) is -0.289. The van der Waals surface area contributed by atoms with Gasteiger partial charge in [-0.3, -0.25) is 4.79 Å². The Bertz CT molecular complexity index is 451. The number of anilines is 1. The molecule has 1 rings (SSSR count). The quantitative estimate of drug-likeness (QED) is 0.675. The predicted octanol–water partition coefficient (Wildman–Crippen LogP) is 0.496. The molecule has 0 atom stereocenters. The summed E-state index contributed by atoms with van der Waals surface area (Å²) in [5.74, 6) is -2.98. The zero-order chi connectivity index (χ0) is 12.3. The third-order valence-electron chi connectivity index (χ3n) is 1.80. The number of benzene rings is 1. The molecule has 0 bridgehead atoms. The van der Waals surface area contributed by atoms with Gasteiger partial charge in [-0.05, 0) is 12.1 Å². The Morgan fingerprint density at radius 1 is 1.31 bits per heavy atom. The lowest BCUT2D eigenvalue weighted by Crippen LogP contribution is -2.22. The number of primary amides is 1. The molecule has 0 fully saturated rings. The molecular weight excluding hydrogens is 236 g/mol. The van der Waals surface area contributed by atoms with Crippen LogP contribution in [-0.4, -0.2) is 17.4 Å². The molecule has 16 heavy (non-hydrogen) atoms. The molecule has 0 aromatic heterocycles. The Labute approximate surface area is 95.6 Å². The molecule has 0 unspecified atom stereocenters. The molecule has 1 amide bonds. The van der Waals surface area contributed by atoms with Crippen molar-refractivity contribution in [3.63, 3.8) is 0 Å². The highest BCUT2D eigenvalue weighted by molar-refractivity contribution is 7.80. The standard InChI is InChI=1S/C9H9F2N3OS/c10-7-4(9(13)16)1-2-5(8(7)11)14-3-6(12)15/h1-2,14H,3H2,(H2,12,15)(H2,13,16). The first-order valence-corrected chi connectivity index (χ1v) is 4.64. The van der Waals surface area contributed by atoms with Crippen LogP contribution in [0.3, 0.4) is 0 Å². The second kappa shape index (κ2) is 4.84. The van der Waals surface area contributed by atoms with Crippen molar-refractivity contribution in [1.29, 1.82) is 0 Å². The largest absolute Gasteiger partial charge is 0.389 e. The molecule has 0 saturated carbocycles. The molecule has 1 aromatic rings. The van der Waals surface area contributed by atoms with Crippen molar-refractivity contribution in [3.8, 4) is 0 Å². The summed E-state index contributed by atoms with van der Waals surface area (Å²) in [7, 11) is 0. The molecule has 0 aliphatic rings. The molecule has 4 nitrogen and oxygen atoms in total. The van der Waals surface area contributed by atoms with E-state index in [1.807, 2.05) is 0 Å². The van der Waals surface area contributed by atoms with Crippen LogP contribution in [0.5, 0.6) is 0 Å². The number of rotatable bonds is 4. The highest BCUT2D eigenvalue weighted by Gasteiger charge is 2.14. The van der Waals surface area contributed by atoms with E-state index in [1.165, 1.54) is 12.1 Å². The lowest BCUT2D eigenvalue weighted by atomic mass is 10.2. The molecule has 0 aliphatic carbocycles. The number of carbonyl (C=O) groups is 1. The van der Waals surface area contributed by atoms with Crippen LogP contribution in [0.1, 0.15) is 5.56 Å². The van der Waals surface area contributed by atoms with Gasteiger partial charge in [0.2, 0.25) is 5.91 Å². The van der Waals surface area contributed by atoms with E-state index in [1.54, 1.807) is 0 Å². The van der Waals surface area contributed by atoms with Crippen LogP contribution in [0.2, 0.25) is 0 Å². The first kappa shape index (κ1) is 12.3. The molecule has 0 aliphatic heterocycles. The smallest absolute Gasteiger partial charge is 0.236 e. The van der Waals surface area contributed by atoms with Crippen molar-refractivity contribution in [2.45, 2.75) is 0 Å². The van der Waals surface area contributed by atoms with E-state index in [0.29, 0.717) is 0 Å². The van der Waals surface area contributed by atoms with Crippen LogP contribution in [-0.2, 0) is 4.79 Å². The molecular formula is C9H9F2N3OS. The molecule has 0 radical (unpaired) electrons. The van der Waals surface area contributed by atoms with Crippen molar-refractivity contribution in [1.82, 2.24) is 0 Å². The molecule has 5 N–H and O–H groups in total. The topological polar surface area (TPSA) is 81.1 Å². The summed E-state index contributed by atoms with van der Waals surface area (Å²) in [6, 6.07) is 2.46. The van der Waals surface area contributed by atoms with Gasteiger partial charge in [-0.15, -0.1) is 0 Å². The maximum atomic E-state index is 13.4. The zero-order valence-electron chi connectivity index (χ0n) is 8.09. The molecule has 1 aromatic carbocycles. The molecule has 7 heteroatoms. The van der Waals surface area contributed by atoms with Gasteiger partial charge in [-0.2, -0.15) is 0 Å². The van der Waals surface area contributed by atoms with Crippen molar-refractivity contribution in [3.05, 3.63) is 29.3 Å². The fourth-order valence-electron chi connectivity index (χ4n) is 1.06. The second-order valence-electron chi connectivity index (χ2n) is 2.97. The van der Waals surface area contributed by atoms with Gasteiger partial charge in [0.05, 0.1) is 12.2 Å². The van der Waals surface area contributed by atoms with Crippen molar-refractivity contribution < 1.29 is 13.6 Å². The Morgan fingerprint density at radius 3 is 2.44 bits per heavy atom. The number of amides is 1. The van der Waals surface area contributed by atoms with Crippen LogP contribution in [0.15, 0.2) is 12.1 Å². The number of halogens is 2. The third-order valence-corrected chi connectivity index (χ3v) is 2.02. The summed E-state index contributed by atoms with van der Waals surface area (Å²) in [4.78, 5) is 10.2. The highest BCUT2D eigenvalue weighted by Crippen LogP contribution is 2.20. The minimum absolute atomic E-state index is 0.170. The fourth-order valence-corrected chi connectivity index (χ4v) is 1.22. The average molecular weight is 245 g/mol. The predicted molar refractivity (Wildman–Crippen MR) is 59.9 cm³/mol. The fraction of sp³-hybridized carbons (Fsp3) is 0.111. The minimum atomic E-state index is -1.15. The van der Waals surface area contributed by atoms with Crippen LogP contribution in [0.25, 0.3) is 0 Å². The third kappa shape index (κ3) is 2.63.